The molecule has 0 saturated heterocycles. The number of nitrogens with two attached hydrogens (primary N) is 2. The van der Waals surface area contributed by atoms with E-state index in [2.05, 4.69) is 29.0 Å². The molecule has 0 bridgehead atoms. The van der Waals surface area contributed by atoms with Gasteiger partial charge in [-0.15, -0.1) is 11.8 Å². The van der Waals surface area contributed by atoms with Crippen molar-refractivity contribution >= 4 is 17.6 Å². The zero-order valence-corrected chi connectivity index (χ0v) is 10.9. The molecule has 0 spiro atoms. The summed E-state index contributed by atoms with van der Waals surface area (Å²) >= 11 is 1.63. The monoisotopic (exact) mass is 258 g/mol. The fourth-order valence-electron chi connectivity index (χ4n) is 2.24. The van der Waals surface area contributed by atoms with E-state index in [4.69, 9.17) is 11.5 Å². The molecular formula is C13H14N4S. The average Bonchev–Trinajstić information content (AvgIpc) is 2.70. The molecule has 4 N–H and O–H groups in total. The van der Waals surface area contributed by atoms with Gasteiger partial charge in [-0.1, -0.05) is 29.8 Å². The van der Waals surface area contributed by atoms with Crippen molar-refractivity contribution in [3.8, 4) is 0 Å². The van der Waals surface area contributed by atoms with Crippen LogP contribution in [0.4, 0.5) is 5.82 Å². The van der Waals surface area contributed by atoms with Gasteiger partial charge in [0, 0.05) is 5.75 Å². The van der Waals surface area contributed by atoms with Crippen LogP contribution >= 0.6 is 11.8 Å². The van der Waals surface area contributed by atoms with E-state index in [1.807, 2.05) is 12.1 Å². The SMILES string of the molecule is Cc1cccc(C2(N)CSc3c(N)ncnc32)c1. The first-order chi connectivity index (χ1) is 8.61. The molecule has 2 aromatic rings. The normalized spacial score (nSPS) is 21.9. The van der Waals surface area contributed by atoms with Crippen molar-refractivity contribution < 1.29 is 0 Å². The Hall–Kier alpha value is -1.59. The van der Waals surface area contributed by atoms with Gasteiger partial charge in [0.1, 0.15) is 12.1 Å². The second-order valence-corrected chi connectivity index (χ2v) is 5.55. The van der Waals surface area contributed by atoms with Gasteiger partial charge in [-0.3, -0.25) is 0 Å². The summed E-state index contributed by atoms with van der Waals surface area (Å²) in [6.45, 7) is 2.06. The maximum atomic E-state index is 6.56. The smallest absolute Gasteiger partial charge is 0.140 e. The second-order valence-electron chi connectivity index (χ2n) is 4.57. The van der Waals surface area contributed by atoms with Crippen molar-refractivity contribution in [3.63, 3.8) is 0 Å². The molecule has 18 heavy (non-hydrogen) atoms. The lowest BCUT2D eigenvalue weighted by Gasteiger charge is -2.24. The molecular weight excluding hydrogens is 244 g/mol. The predicted molar refractivity (Wildman–Crippen MR) is 73.3 cm³/mol. The molecule has 1 aromatic carbocycles. The summed E-state index contributed by atoms with van der Waals surface area (Å²) in [5, 5.41) is 0. The average molecular weight is 258 g/mol. The highest BCUT2D eigenvalue weighted by Gasteiger charge is 2.40. The lowest BCUT2D eigenvalue weighted by molar-refractivity contribution is 0.591. The van der Waals surface area contributed by atoms with Crippen LogP contribution in [0.3, 0.4) is 0 Å². The number of hydrogen-bond acceptors (Lipinski definition) is 5. The zero-order valence-electron chi connectivity index (χ0n) is 10.1. The van der Waals surface area contributed by atoms with Gasteiger partial charge in [0.2, 0.25) is 0 Å². The zero-order chi connectivity index (χ0) is 12.8. The number of thioether (sulfide) groups is 1. The number of aromatic nitrogens is 2. The van der Waals surface area contributed by atoms with E-state index in [0.29, 0.717) is 5.82 Å². The van der Waals surface area contributed by atoms with Gasteiger partial charge in [0.15, 0.2) is 0 Å². The lowest BCUT2D eigenvalue weighted by Crippen LogP contribution is -2.39. The molecule has 2 heterocycles. The third kappa shape index (κ3) is 1.59. The van der Waals surface area contributed by atoms with E-state index in [1.54, 1.807) is 11.8 Å². The largest absolute Gasteiger partial charge is 0.383 e. The Labute approximate surface area is 110 Å². The summed E-state index contributed by atoms with van der Waals surface area (Å²) in [6, 6.07) is 8.23. The Morgan fingerprint density at radius 3 is 2.94 bits per heavy atom. The summed E-state index contributed by atoms with van der Waals surface area (Å²) in [5.74, 6) is 1.26. The first-order valence-corrected chi connectivity index (χ1v) is 6.69. The summed E-state index contributed by atoms with van der Waals surface area (Å²) in [4.78, 5) is 9.28. The summed E-state index contributed by atoms with van der Waals surface area (Å²) in [7, 11) is 0. The number of aryl methyl sites for hydroxylation is 1. The molecule has 5 heteroatoms. The number of benzene rings is 1. The first kappa shape index (κ1) is 11.5. The van der Waals surface area contributed by atoms with Crippen LogP contribution in [-0.4, -0.2) is 15.7 Å². The topological polar surface area (TPSA) is 77.8 Å². The molecule has 1 unspecified atom stereocenters. The van der Waals surface area contributed by atoms with Crippen molar-refractivity contribution in [1.82, 2.24) is 9.97 Å². The molecule has 0 radical (unpaired) electrons. The Morgan fingerprint density at radius 1 is 1.33 bits per heavy atom. The molecule has 92 valence electrons. The van der Waals surface area contributed by atoms with Crippen LogP contribution in [0, 0.1) is 6.92 Å². The van der Waals surface area contributed by atoms with Crippen molar-refractivity contribution in [3.05, 3.63) is 47.4 Å². The fourth-order valence-corrected chi connectivity index (χ4v) is 3.49. The third-order valence-corrected chi connectivity index (χ3v) is 4.52. The maximum Gasteiger partial charge on any atom is 0.140 e. The van der Waals surface area contributed by atoms with Crippen molar-refractivity contribution in [1.29, 1.82) is 0 Å². The van der Waals surface area contributed by atoms with Gasteiger partial charge in [-0.25, -0.2) is 9.97 Å². The van der Waals surface area contributed by atoms with Crippen LogP contribution in [0.2, 0.25) is 0 Å². The number of nitrogen functional groups attached to an aromatic ring is 1. The second kappa shape index (κ2) is 3.96. The summed E-state index contributed by atoms with van der Waals surface area (Å²) < 4.78 is 0. The minimum Gasteiger partial charge on any atom is -0.383 e. The highest BCUT2D eigenvalue weighted by atomic mass is 32.2. The molecule has 0 aliphatic carbocycles. The lowest BCUT2D eigenvalue weighted by atomic mass is 9.88. The van der Waals surface area contributed by atoms with E-state index in [-0.39, 0.29) is 0 Å². The Bertz CT molecular complexity index is 614. The standard InChI is InChI=1S/C13H14N4S/c1-8-3-2-4-9(5-8)13(15)6-18-10-11(13)16-7-17-12(10)14/h2-5,7H,6,15H2,1H3,(H2,14,16,17). The highest BCUT2D eigenvalue weighted by molar-refractivity contribution is 7.99. The van der Waals surface area contributed by atoms with Crippen molar-refractivity contribution in [2.75, 3.05) is 11.5 Å². The molecule has 1 aliphatic rings. The fraction of sp³-hybridized carbons (Fsp3) is 0.231. The Kier molecular flexibility index (Phi) is 2.53. The van der Waals surface area contributed by atoms with E-state index < -0.39 is 5.54 Å². The van der Waals surface area contributed by atoms with E-state index >= 15 is 0 Å². The van der Waals surface area contributed by atoms with Crippen LogP contribution in [0.15, 0.2) is 35.5 Å². The molecule has 0 saturated carbocycles. The van der Waals surface area contributed by atoms with Gasteiger partial charge >= 0.3 is 0 Å². The number of nitrogens with zero attached hydrogens (tertiary/aromatic N) is 2. The van der Waals surface area contributed by atoms with Crippen LogP contribution in [0.25, 0.3) is 0 Å². The highest BCUT2D eigenvalue weighted by Crippen LogP contribution is 2.45. The maximum absolute atomic E-state index is 6.56. The van der Waals surface area contributed by atoms with Crippen LogP contribution in [0.5, 0.6) is 0 Å². The third-order valence-electron chi connectivity index (χ3n) is 3.23. The number of fused-ring (bicyclic) bond motifs is 1. The quantitative estimate of drug-likeness (QED) is 0.813. The molecule has 3 rings (SSSR count). The van der Waals surface area contributed by atoms with Gasteiger partial charge in [0.05, 0.1) is 16.1 Å². The van der Waals surface area contributed by atoms with Crippen LogP contribution in [-0.2, 0) is 5.54 Å². The molecule has 0 amide bonds. The summed E-state index contributed by atoms with van der Waals surface area (Å²) in [6.07, 6.45) is 1.48. The summed E-state index contributed by atoms with van der Waals surface area (Å²) in [5.41, 5.74) is 15.0. The number of hydrogen-bond donors (Lipinski definition) is 2. The van der Waals surface area contributed by atoms with Crippen LogP contribution in [0.1, 0.15) is 16.8 Å². The molecule has 4 nitrogen and oxygen atoms in total. The molecule has 1 aromatic heterocycles. The van der Waals surface area contributed by atoms with E-state index in [9.17, 15) is 0 Å². The van der Waals surface area contributed by atoms with Gasteiger partial charge in [0.25, 0.3) is 0 Å². The van der Waals surface area contributed by atoms with Gasteiger partial charge in [-0.05, 0) is 12.5 Å². The Morgan fingerprint density at radius 2 is 2.17 bits per heavy atom. The van der Waals surface area contributed by atoms with Crippen molar-refractivity contribution in [2.24, 2.45) is 5.73 Å². The number of anilines is 1. The Balaban J connectivity index is 2.17. The van der Waals surface area contributed by atoms with Gasteiger partial charge in [-0.2, -0.15) is 0 Å². The predicted octanol–water partition coefficient (Wildman–Crippen LogP) is 1.68. The van der Waals surface area contributed by atoms with Gasteiger partial charge < -0.3 is 11.5 Å². The van der Waals surface area contributed by atoms with Crippen molar-refractivity contribution in [2.45, 2.75) is 17.4 Å². The minimum absolute atomic E-state index is 0.518. The molecule has 1 aliphatic heterocycles. The minimum atomic E-state index is -0.566. The molecule has 0 fully saturated rings. The van der Waals surface area contributed by atoms with Crippen LogP contribution < -0.4 is 11.5 Å². The molecule has 1 atom stereocenters. The van der Waals surface area contributed by atoms with E-state index in [0.717, 1.165) is 21.9 Å². The number of rotatable bonds is 1. The first-order valence-electron chi connectivity index (χ1n) is 5.71. The van der Waals surface area contributed by atoms with E-state index in [1.165, 1.54) is 11.9 Å².